The first-order valence-corrected chi connectivity index (χ1v) is 6.52. The number of ketones is 1. The third-order valence-corrected chi connectivity index (χ3v) is 3.95. The summed E-state index contributed by atoms with van der Waals surface area (Å²) in [5.74, 6) is -0.314. The van der Waals surface area contributed by atoms with Gasteiger partial charge in [0.05, 0.1) is 15.8 Å². The summed E-state index contributed by atoms with van der Waals surface area (Å²) in [6.45, 7) is 0.289. The minimum Gasteiger partial charge on any atom is -0.329 e. The van der Waals surface area contributed by atoms with Crippen LogP contribution in [-0.2, 0) is 0 Å². The number of benzene rings is 1. The van der Waals surface area contributed by atoms with Gasteiger partial charge >= 0.3 is 0 Å². The van der Waals surface area contributed by atoms with E-state index in [0.717, 1.165) is 5.56 Å². The first-order chi connectivity index (χ1) is 8.24. The average Bonchev–Trinajstić information content (AvgIpc) is 2.77. The number of hydrogen-bond donors (Lipinski definition) is 1. The summed E-state index contributed by atoms with van der Waals surface area (Å²) in [5, 5.41) is 2.32. The molecule has 88 valence electrons. The molecule has 4 heteroatoms. The molecule has 0 fully saturated rings. The Labute approximate surface area is 109 Å². The van der Waals surface area contributed by atoms with Crippen LogP contribution in [-0.4, -0.2) is 12.3 Å². The zero-order valence-corrected chi connectivity index (χ0v) is 10.7. The molecule has 1 unspecified atom stereocenters. The van der Waals surface area contributed by atoms with Gasteiger partial charge < -0.3 is 5.73 Å². The van der Waals surface area contributed by atoms with Crippen molar-refractivity contribution in [3.8, 4) is 0 Å². The SMILES string of the molecule is NCC(C(=O)c1sccc1Cl)c1ccccc1. The normalized spacial score (nSPS) is 12.4. The zero-order valence-electron chi connectivity index (χ0n) is 9.10. The van der Waals surface area contributed by atoms with Crippen molar-refractivity contribution < 1.29 is 4.79 Å². The van der Waals surface area contributed by atoms with Crippen LogP contribution < -0.4 is 5.73 Å². The average molecular weight is 266 g/mol. The van der Waals surface area contributed by atoms with Crippen LogP contribution >= 0.6 is 22.9 Å². The van der Waals surface area contributed by atoms with E-state index in [1.54, 1.807) is 6.07 Å². The summed E-state index contributed by atoms with van der Waals surface area (Å²) in [7, 11) is 0. The molecule has 0 radical (unpaired) electrons. The van der Waals surface area contributed by atoms with E-state index < -0.39 is 0 Å². The molecule has 1 aromatic heterocycles. The van der Waals surface area contributed by atoms with Gasteiger partial charge in [-0.05, 0) is 17.0 Å². The summed E-state index contributed by atoms with van der Waals surface area (Å²) < 4.78 is 0. The molecule has 0 saturated carbocycles. The zero-order chi connectivity index (χ0) is 12.3. The van der Waals surface area contributed by atoms with Crippen LogP contribution in [0.5, 0.6) is 0 Å². The number of nitrogens with two attached hydrogens (primary N) is 1. The second-order valence-corrected chi connectivity index (χ2v) is 4.98. The maximum atomic E-state index is 12.3. The Balaban J connectivity index is 2.32. The van der Waals surface area contributed by atoms with Gasteiger partial charge in [-0.25, -0.2) is 0 Å². The molecule has 0 aliphatic carbocycles. The van der Waals surface area contributed by atoms with Crippen LogP contribution in [0.4, 0.5) is 0 Å². The molecule has 2 rings (SSSR count). The third-order valence-electron chi connectivity index (χ3n) is 2.60. The molecule has 2 N–H and O–H groups in total. The van der Waals surface area contributed by atoms with E-state index in [1.807, 2.05) is 35.7 Å². The molecule has 1 aromatic carbocycles. The topological polar surface area (TPSA) is 43.1 Å². The van der Waals surface area contributed by atoms with Crippen molar-refractivity contribution in [1.29, 1.82) is 0 Å². The fourth-order valence-electron chi connectivity index (χ4n) is 1.71. The van der Waals surface area contributed by atoms with E-state index in [4.69, 9.17) is 17.3 Å². The largest absolute Gasteiger partial charge is 0.329 e. The summed E-state index contributed by atoms with van der Waals surface area (Å²) in [6, 6.07) is 11.3. The Morgan fingerprint density at radius 3 is 2.53 bits per heavy atom. The second-order valence-electron chi connectivity index (χ2n) is 3.66. The van der Waals surface area contributed by atoms with Gasteiger partial charge in [0.25, 0.3) is 0 Å². The fourth-order valence-corrected chi connectivity index (χ4v) is 2.85. The highest BCUT2D eigenvalue weighted by atomic mass is 35.5. The highest BCUT2D eigenvalue weighted by Gasteiger charge is 2.23. The molecule has 0 spiro atoms. The lowest BCUT2D eigenvalue weighted by atomic mass is 9.94. The lowest BCUT2D eigenvalue weighted by Gasteiger charge is -2.13. The van der Waals surface area contributed by atoms with Crippen molar-refractivity contribution in [3.05, 3.63) is 57.2 Å². The Hall–Kier alpha value is -1.16. The van der Waals surface area contributed by atoms with Crippen LogP contribution in [0.15, 0.2) is 41.8 Å². The molecule has 0 aliphatic heterocycles. The first kappa shape index (κ1) is 12.3. The molecule has 1 heterocycles. The molecule has 17 heavy (non-hydrogen) atoms. The van der Waals surface area contributed by atoms with E-state index in [9.17, 15) is 4.79 Å². The minimum absolute atomic E-state index is 0.00120. The van der Waals surface area contributed by atoms with Crippen molar-refractivity contribution in [3.63, 3.8) is 0 Å². The predicted molar refractivity (Wildman–Crippen MR) is 71.9 cm³/mol. The lowest BCUT2D eigenvalue weighted by Crippen LogP contribution is -2.21. The van der Waals surface area contributed by atoms with Crippen LogP contribution in [0, 0.1) is 0 Å². The summed E-state index contributed by atoms with van der Waals surface area (Å²) in [5.41, 5.74) is 6.64. The van der Waals surface area contributed by atoms with Crippen molar-refractivity contribution in [1.82, 2.24) is 0 Å². The summed E-state index contributed by atoms with van der Waals surface area (Å²) in [6.07, 6.45) is 0. The van der Waals surface area contributed by atoms with E-state index in [-0.39, 0.29) is 18.2 Å². The third kappa shape index (κ3) is 2.57. The van der Waals surface area contributed by atoms with Gasteiger partial charge in [0.2, 0.25) is 0 Å². The van der Waals surface area contributed by atoms with Gasteiger partial charge in [-0.15, -0.1) is 11.3 Å². The van der Waals surface area contributed by atoms with E-state index in [1.165, 1.54) is 11.3 Å². The van der Waals surface area contributed by atoms with Crippen molar-refractivity contribution in [2.24, 2.45) is 5.73 Å². The van der Waals surface area contributed by atoms with Crippen LogP contribution in [0.25, 0.3) is 0 Å². The smallest absolute Gasteiger partial charge is 0.183 e. The molecular weight excluding hydrogens is 254 g/mol. The van der Waals surface area contributed by atoms with Crippen molar-refractivity contribution in [2.45, 2.75) is 5.92 Å². The van der Waals surface area contributed by atoms with Crippen molar-refractivity contribution >= 4 is 28.7 Å². The maximum absolute atomic E-state index is 12.3. The van der Waals surface area contributed by atoms with Gasteiger partial charge in [0.1, 0.15) is 0 Å². The van der Waals surface area contributed by atoms with Crippen LogP contribution in [0.2, 0.25) is 5.02 Å². The second kappa shape index (κ2) is 5.45. The number of halogens is 1. The van der Waals surface area contributed by atoms with Crippen LogP contribution in [0.3, 0.4) is 0 Å². The molecule has 2 aromatic rings. The van der Waals surface area contributed by atoms with E-state index in [2.05, 4.69) is 0 Å². The number of rotatable bonds is 4. The molecule has 2 nitrogen and oxygen atoms in total. The molecule has 0 amide bonds. The summed E-state index contributed by atoms with van der Waals surface area (Å²) >= 11 is 7.33. The molecular formula is C13H12ClNOS. The van der Waals surface area contributed by atoms with Crippen molar-refractivity contribution in [2.75, 3.05) is 6.54 Å². The van der Waals surface area contributed by atoms with Crippen LogP contribution in [0.1, 0.15) is 21.2 Å². The highest BCUT2D eigenvalue weighted by molar-refractivity contribution is 7.12. The maximum Gasteiger partial charge on any atom is 0.183 e. The quantitative estimate of drug-likeness (QED) is 0.862. The van der Waals surface area contributed by atoms with E-state index >= 15 is 0 Å². The van der Waals surface area contributed by atoms with Gasteiger partial charge in [0.15, 0.2) is 5.78 Å². The Morgan fingerprint density at radius 2 is 2.00 bits per heavy atom. The number of thiophene rings is 1. The molecule has 0 aliphatic rings. The number of Topliss-reactive ketones (excluding diaryl/α,β-unsaturated/α-hetero) is 1. The number of hydrogen-bond acceptors (Lipinski definition) is 3. The van der Waals surface area contributed by atoms with Gasteiger partial charge in [-0.1, -0.05) is 41.9 Å². The van der Waals surface area contributed by atoms with Gasteiger partial charge in [0, 0.05) is 6.54 Å². The Kier molecular flexibility index (Phi) is 3.94. The fraction of sp³-hybridized carbons (Fsp3) is 0.154. The standard InChI is InChI=1S/C13H12ClNOS/c14-11-6-7-17-13(11)12(16)10(8-15)9-4-2-1-3-5-9/h1-7,10H,8,15H2. The van der Waals surface area contributed by atoms with Gasteiger partial charge in [-0.3, -0.25) is 4.79 Å². The summed E-state index contributed by atoms with van der Waals surface area (Å²) in [4.78, 5) is 12.9. The molecule has 0 saturated heterocycles. The first-order valence-electron chi connectivity index (χ1n) is 5.26. The number of carbonyl (C=O) groups is 1. The molecule has 0 bridgehead atoms. The Bertz CT molecular complexity index is 509. The van der Waals surface area contributed by atoms with Gasteiger partial charge in [-0.2, -0.15) is 0 Å². The predicted octanol–water partition coefficient (Wildman–Crippen LogP) is 3.33. The highest BCUT2D eigenvalue weighted by Crippen LogP contribution is 2.28. The lowest BCUT2D eigenvalue weighted by molar-refractivity contribution is 0.0966. The number of carbonyl (C=O) groups excluding carboxylic acids is 1. The molecule has 1 atom stereocenters. The Morgan fingerprint density at radius 1 is 1.29 bits per heavy atom. The van der Waals surface area contributed by atoms with E-state index in [0.29, 0.717) is 9.90 Å². The minimum atomic E-state index is -0.313. The monoisotopic (exact) mass is 265 g/mol.